The minimum Gasteiger partial charge on any atom is -0.451 e. The van der Waals surface area contributed by atoms with Crippen LogP contribution < -0.4 is 0 Å². The summed E-state index contributed by atoms with van der Waals surface area (Å²) in [7, 11) is 0. The van der Waals surface area contributed by atoms with Gasteiger partial charge in [-0.2, -0.15) is 0 Å². The Morgan fingerprint density at radius 2 is 2.16 bits per heavy atom. The molecule has 0 aliphatic carbocycles. The maximum absolute atomic E-state index is 12.5. The molecular formula is C18H21N3O3S. The monoisotopic (exact) mass is 359 g/mol. The van der Waals surface area contributed by atoms with E-state index in [1.54, 1.807) is 6.92 Å². The second-order valence-electron chi connectivity index (χ2n) is 6.39. The van der Waals surface area contributed by atoms with Crippen molar-refractivity contribution in [3.63, 3.8) is 0 Å². The Balaban J connectivity index is 1.60. The number of hydrogen-bond donors (Lipinski definition) is 1. The Hall–Kier alpha value is -2.15. The molecule has 0 unspecified atom stereocenters. The lowest BCUT2D eigenvalue weighted by molar-refractivity contribution is -0.156. The van der Waals surface area contributed by atoms with E-state index >= 15 is 0 Å². The number of nitrogens with zero attached hydrogens (tertiary/aromatic N) is 2. The number of Topliss-reactive ketones (excluding diaryl/α,β-unsaturated/α-hetero) is 1. The van der Waals surface area contributed by atoms with Crippen LogP contribution in [0.4, 0.5) is 0 Å². The molecule has 0 amide bonds. The third kappa shape index (κ3) is 3.92. The Bertz CT molecular complexity index is 762. The van der Waals surface area contributed by atoms with Gasteiger partial charge in [0.15, 0.2) is 17.2 Å². The maximum atomic E-state index is 12.5. The average molecular weight is 359 g/mol. The fourth-order valence-corrected chi connectivity index (χ4v) is 3.79. The van der Waals surface area contributed by atoms with Crippen molar-refractivity contribution >= 4 is 23.5 Å². The summed E-state index contributed by atoms with van der Waals surface area (Å²) in [6, 6.07) is 9.66. The smallest absolute Gasteiger partial charge is 0.310 e. The van der Waals surface area contributed by atoms with E-state index in [4.69, 9.17) is 4.74 Å². The van der Waals surface area contributed by atoms with E-state index in [0.717, 1.165) is 18.4 Å². The number of nitrogens with one attached hydrogen (secondary N) is 1. The van der Waals surface area contributed by atoms with Crippen LogP contribution >= 0.6 is 11.8 Å². The third-order valence-electron chi connectivity index (χ3n) is 4.37. The first-order valence-corrected chi connectivity index (χ1v) is 9.37. The third-order valence-corrected chi connectivity index (χ3v) is 5.21. The number of carbonyl (C=O) groups excluding carboxylic acids is 2. The van der Waals surface area contributed by atoms with Gasteiger partial charge in [0.2, 0.25) is 5.16 Å². The molecule has 0 bridgehead atoms. The molecule has 0 saturated carbocycles. The Morgan fingerprint density at radius 3 is 2.88 bits per heavy atom. The first-order chi connectivity index (χ1) is 12.0. The fraction of sp³-hybridized carbons (Fsp3) is 0.444. The molecule has 1 aromatic heterocycles. The fourth-order valence-electron chi connectivity index (χ4n) is 2.96. The number of aromatic nitrogens is 3. The topological polar surface area (TPSA) is 84.9 Å². The van der Waals surface area contributed by atoms with Gasteiger partial charge in [0.05, 0.1) is 11.7 Å². The van der Waals surface area contributed by atoms with E-state index in [1.165, 1.54) is 11.8 Å². The zero-order valence-electron chi connectivity index (χ0n) is 14.3. The summed E-state index contributed by atoms with van der Waals surface area (Å²) in [5, 5.41) is 7.52. The molecule has 2 atom stereocenters. The maximum Gasteiger partial charge on any atom is 0.310 e. The first-order valence-electron chi connectivity index (χ1n) is 8.38. The second kappa shape index (κ2) is 7.39. The summed E-state index contributed by atoms with van der Waals surface area (Å²) in [5.41, 5.74) is -0.0880. The van der Waals surface area contributed by atoms with Crippen molar-refractivity contribution in [3.8, 4) is 11.4 Å². The Kier molecular flexibility index (Phi) is 5.22. The predicted octanol–water partition coefficient (Wildman–Crippen LogP) is 3.25. The van der Waals surface area contributed by atoms with Crippen molar-refractivity contribution in [2.45, 2.75) is 43.9 Å². The summed E-state index contributed by atoms with van der Waals surface area (Å²) in [6.45, 7) is 3.73. The number of ketones is 1. The standard InChI is InChI=1S/C18H21N3O3S/c1-3-7-13-10-18(2,24-16(13)23)14(22)11-25-17-19-15(20-21-17)12-8-5-4-6-9-12/h4-6,8-9,13H,3,7,10-11H2,1-2H3,(H,19,20,21)/t13-,18+/m1/s1. The van der Waals surface area contributed by atoms with Crippen molar-refractivity contribution in [2.75, 3.05) is 5.75 Å². The molecular weight excluding hydrogens is 338 g/mol. The highest BCUT2D eigenvalue weighted by atomic mass is 32.2. The quantitative estimate of drug-likeness (QED) is 0.603. The van der Waals surface area contributed by atoms with Crippen LogP contribution in [0, 0.1) is 5.92 Å². The van der Waals surface area contributed by atoms with E-state index in [1.807, 2.05) is 37.3 Å². The van der Waals surface area contributed by atoms with Crippen molar-refractivity contribution in [3.05, 3.63) is 30.3 Å². The number of rotatable bonds is 7. The molecule has 1 aliphatic heterocycles. The van der Waals surface area contributed by atoms with Crippen molar-refractivity contribution in [1.29, 1.82) is 0 Å². The number of esters is 1. The van der Waals surface area contributed by atoms with E-state index < -0.39 is 5.60 Å². The van der Waals surface area contributed by atoms with Gasteiger partial charge >= 0.3 is 5.97 Å². The largest absolute Gasteiger partial charge is 0.451 e. The van der Waals surface area contributed by atoms with Crippen molar-refractivity contribution < 1.29 is 14.3 Å². The van der Waals surface area contributed by atoms with Gasteiger partial charge in [-0.25, -0.2) is 4.98 Å². The van der Waals surface area contributed by atoms with Gasteiger partial charge in [-0.3, -0.25) is 14.7 Å². The summed E-state index contributed by atoms with van der Waals surface area (Å²) in [6.07, 6.45) is 2.12. The molecule has 6 nitrogen and oxygen atoms in total. The van der Waals surface area contributed by atoms with Gasteiger partial charge in [-0.05, 0) is 13.3 Å². The molecule has 1 saturated heterocycles. The van der Waals surface area contributed by atoms with Crippen molar-refractivity contribution in [2.24, 2.45) is 5.92 Å². The highest BCUT2D eigenvalue weighted by Crippen LogP contribution is 2.35. The van der Waals surface area contributed by atoms with Gasteiger partial charge < -0.3 is 4.74 Å². The number of cyclic esters (lactones) is 1. The van der Waals surface area contributed by atoms with Crippen LogP contribution in [0.5, 0.6) is 0 Å². The van der Waals surface area contributed by atoms with Gasteiger partial charge in [-0.15, -0.1) is 5.10 Å². The number of ether oxygens (including phenoxy) is 1. The van der Waals surface area contributed by atoms with E-state index in [0.29, 0.717) is 17.4 Å². The molecule has 1 aliphatic rings. The Labute approximate surface area is 150 Å². The minimum absolute atomic E-state index is 0.101. The van der Waals surface area contributed by atoms with E-state index in [9.17, 15) is 9.59 Å². The van der Waals surface area contributed by atoms with Crippen molar-refractivity contribution in [1.82, 2.24) is 15.2 Å². The number of H-pyrrole nitrogens is 1. The van der Waals surface area contributed by atoms with Gasteiger partial charge in [-0.1, -0.05) is 55.4 Å². The van der Waals surface area contributed by atoms with Crippen LogP contribution in [0.15, 0.2) is 35.5 Å². The molecule has 1 aromatic carbocycles. The van der Waals surface area contributed by atoms with Gasteiger partial charge in [0.1, 0.15) is 0 Å². The molecule has 2 aromatic rings. The molecule has 25 heavy (non-hydrogen) atoms. The van der Waals surface area contributed by atoms with E-state index in [-0.39, 0.29) is 23.4 Å². The lowest BCUT2D eigenvalue weighted by atomic mass is 9.90. The van der Waals surface area contributed by atoms with Crippen LogP contribution in [0.1, 0.15) is 33.1 Å². The average Bonchev–Trinajstić information content (AvgIpc) is 3.19. The lowest BCUT2D eigenvalue weighted by Crippen LogP contribution is -2.36. The number of thioether (sulfide) groups is 1. The molecule has 1 fully saturated rings. The molecule has 132 valence electrons. The summed E-state index contributed by atoms with van der Waals surface area (Å²) in [5.74, 6) is 0.311. The number of benzene rings is 1. The first kappa shape index (κ1) is 17.7. The normalized spacial score (nSPS) is 22.8. The molecule has 3 rings (SSSR count). The van der Waals surface area contributed by atoms with Crippen LogP contribution in [-0.4, -0.2) is 38.3 Å². The minimum atomic E-state index is -1.03. The SMILES string of the molecule is CCC[C@@H]1C[C@@](C)(C(=O)CSc2n[nH]c(-c3ccccc3)n2)OC1=O. The summed E-state index contributed by atoms with van der Waals surface area (Å²) in [4.78, 5) is 28.9. The molecule has 7 heteroatoms. The molecule has 0 radical (unpaired) electrons. The number of aromatic amines is 1. The molecule has 2 heterocycles. The summed E-state index contributed by atoms with van der Waals surface area (Å²) < 4.78 is 5.39. The van der Waals surface area contributed by atoms with Gasteiger partial charge in [0, 0.05) is 12.0 Å². The van der Waals surface area contributed by atoms with Crippen LogP contribution in [0.25, 0.3) is 11.4 Å². The zero-order valence-corrected chi connectivity index (χ0v) is 15.1. The summed E-state index contributed by atoms with van der Waals surface area (Å²) >= 11 is 1.25. The highest BCUT2D eigenvalue weighted by molar-refractivity contribution is 7.99. The zero-order chi connectivity index (χ0) is 17.9. The van der Waals surface area contributed by atoms with Crippen LogP contribution in [0.3, 0.4) is 0 Å². The van der Waals surface area contributed by atoms with Crippen LogP contribution in [0.2, 0.25) is 0 Å². The van der Waals surface area contributed by atoms with Crippen LogP contribution in [-0.2, 0) is 14.3 Å². The number of carbonyl (C=O) groups is 2. The van der Waals surface area contributed by atoms with E-state index in [2.05, 4.69) is 15.2 Å². The predicted molar refractivity (Wildman–Crippen MR) is 95.1 cm³/mol. The second-order valence-corrected chi connectivity index (χ2v) is 7.33. The highest BCUT2D eigenvalue weighted by Gasteiger charge is 2.47. The molecule has 0 spiro atoms. The lowest BCUT2D eigenvalue weighted by Gasteiger charge is -2.20. The number of hydrogen-bond acceptors (Lipinski definition) is 6. The van der Waals surface area contributed by atoms with Gasteiger partial charge in [0.25, 0.3) is 0 Å². The Morgan fingerprint density at radius 1 is 1.40 bits per heavy atom. The molecule has 1 N–H and O–H groups in total.